The maximum Gasteiger partial charge on any atom is 0.195 e. The van der Waals surface area contributed by atoms with Crippen molar-refractivity contribution in [1.82, 2.24) is 9.38 Å². The molecule has 24 heavy (non-hydrogen) atoms. The van der Waals surface area contributed by atoms with Crippen molar-refractivity contribution in [2.75, 3.05) is 20.3 Å². The summed E-state index contributed by atoms with van der Waals surface area (Å²) in [6.45, 7) is 1.12. The van der Waals surface area contributed by atoms with Gasteiger partial charge in [-0.05, 0) is 24.3 Å². The van der Waals surface area contributed by atoms with Gasteiger partial charge in [0.2, 0.25) is 0 Å². The number of thiazole rings is 1. The smallest absolute Gasteiger partial charge is 0.195 e. The van der Waals surface area contributed by atoms with Gasteiger partial charge in [0, 0.05) is 18.9 Å². The zero-order chi connectivity index (χ0) is 15.6. The molecule has 0 amide bonds. The third kappa shape index (κ3) is 3.11. The maximum atomic E-state index is 5.68. The summed E-state index contributed by atoms with van der Waals surface area (Å²) in [4.78, 5) is 5.77. The Labute approximate surface area is 150 Å². The quantitative estimate of drug-likeness (QED) is 0.485. The average molecular weight is 361 g/mol. The van der Waals surface area contributed by atoms with Crippen LogP contribution in [0.2, 0.25) is 0 Å². The standard InChI is InChI=1S/C18H16N2O2S.ClH/c1-21-9-10-22-14-6-4-5-13(11-14)15-12-20-16-7-2-3-8-17(16)23-18(20)19-15;/h2-8,11-12H,9-10H2,1H3;1H. The van der Waals surface area contributed by atoms with E-state index in [0.29, 0.717) is 13.2 Å². The van der Waals surface area contributed by atoms with Gasteiger partial charge in [0.25, 0.3) is 0 Å². The zero-order valence-corrected chi connectivity index (χ0v) is 14.8. The molecule has 0 aliphatic carbocycles. The second-order valence-electron chi connectivity index (χ2n) is 5.22. The van der Waals surface area contributed by atoms with Crippen molar-refractivity contribution in [3.05, 3.63) is 54.7 Å². The number of hydrogen-bond donors (Lipinski definition) is 0. The van der Waals surface area contributed by atoms with E-state index in [2.05, 4.69) is 40.9 Å². The van der Waals surface area contributed by atoms with Gasteiger partial charge in [-0.15, -0.1) is 12.4 Å². The van der Waals surface area contributed by atoms with Crippen molar-refractivity contribution in [3.8, 4) is 17.0 Å². The predicted molar refractivity (Wildman–Crippen MR) is 101 cm³/mol. The van der Waals surface area contributed by atoms with Crippen LogP contribution in [-0.4, -0.2) is 29.7 Å². The van der Waals surface area contributed by atoms with Crippen LogP contribution >= 0.6 is 23.7 Å². The molecule has 124 valence electrons. The molecule has 0 bridgehead atoms. The van der Waals surface area contributed by atoms with Crippen LogP contribution in [0.4, 0.5) is 0 Å². The summed E-state index contributed by atoms with van der Waals surface area (Å²) in [6, 6.07) is 16.4. The van der Waals surface area contributed by atoms with Crippen molar-refractivity contribution in [3.63, 3.8) is 0 Å². The molecule has 0 spiro atoms. The monoisotopic (exact) mass is 360 g/mol. The number of para-hydroxylation sites is 1. The Morgan fingerprint density at radius 3 is 2.83 bits per heavy atom. The summed E-state index contributed by atoms with van der Waals surface area (Å²) >= 11 is 1.70. The van der Waals surface area contributed by atoms with E-state index in [9.17, 15) is 0 Å². The fraction of sp³-hybridized carbons (Fsp3) is 0.167. The number of methoxy groups -OCH3 is 1. The summed E-state index contributed by atoms with van der Waals surface area (Å²) in [5, 5.41) is 0. The molecular weight excluding hydrogens is 344 g/mol. The van der Waals surface area contributed by atoms with Gasteiger partial charge >= 0.3 is 0 Å². The van der Waals surface area contributed by atoms with E-state index in [1.165, 1.54) is 10.2 Å². The lowest BCUT2D eigenvalue weighted by molar-refractivity contribution is 0.146. The Kier molecular flexibility index (Phi) is 5.04. The number of imidazole rings is 1. The summed E-state index contributed by atoms with van der Waals surface area (Å²) in [5.41, 5.74) is 3.21. The normalized spacial score (nSPS) is 10.9. The number of rotatable bonds is 5. The van der Waals surface area contributed by atoms with E-state index in [0.717, 1.165) is 22.0 Å². The molecular formula is C18H17ClN2O2S. The van der Waals surface area contributed by atoms with Gasteiger partial charge in [0.1, 0.15) is 12.4 Å². The highest BCUT2D eigenvalue weighted by Gasteiger charge is 2.10. The van der Waals surface area contributed by atoms with Crippen molar-refractivity contribution in [2.45, 2.75) is 0 Å². The van der Waals surface area contributed by atoms with E-state index >= 15 is 0 Å². The Hall–Kier alpha value is -2.08. The third-order valence-corrected chi connectivity index (χ3v) is 4.72. The van der Waals surface area contributed by atoms with Crippen LogP contribution in [0.25, 0.3) is 26.4 Å². The minimum absolute atomic E-state index is 0. The molecule has 2 aromatic carbocycles. The molecule has 0 aliphatic rings. The van der Waals surface area contributed by atoms with E-state index in [-0.39, 0.29) is 12.4 Å². The number of hydrogen-bond acceptors (Lipinski definition) is 4. The highest BCUT2D eigenvalue weighted by molar-refractivity contribution is 7.23. The van der Waals surface area contributed by atoms with Gasteiger partial charge in [0.15, 0.2) is 4.96 Å². The van der Waals surface area contributed by atoms with Crippen LogP contribution in [0.15, 0.2) is 54.7 Å². The average Bonchev–Trinajstić information content (AvgIpc) is 3.13. The van der Waals surface area contributed by atoms with Gasteiger partial charge < -0.3 is 9.47 Å². The van der Waals surface area contributed by atoms with Crippen LogP contribution in [0.1, 0.15) is 0 Å². The highest BCUT2D eigenvalue weighted by Crippen LogP contribution is 2.30. The number of fused-ring (bicyclic) bond motifs is 3. The molecule has 0 atom stereocenters. The van der Waals surface area contributed by atoms with E-state index in [1.54, 1.807) is 18.4 Å². The van der Waals surface area contributed by atoms with Gasteiger partial charge in [-0.2, -0.15) is 0 Å². The number of aromatic nitrogens is 2. The molecule has 0 unspecified atom stereocenters. The molecule has 0 N–H and O–H groups in total. The second-order valence-corrected chi connectivity index (χ2v) is 6.23. The van der Waals surface area contributed by atoms with Gasteiger partial charge in [-0.3, -0.25) is 4.40 Å². The summed E-state index contributed by atoms with van der Waals surface area (Å²) in [5.74, 6) is 0.834. The lowest BCUT2D eigenvalue weighted by atomic mass is 10.1. The van der Waals surface area contributed by atoms with Crippen molar-refractivity contribution in [2.24, 2.45) is 0 Å². The number of nitrogens with zero attached hydrogens (tertiary/aromatic N) is 2. The summed E-state index contributed by atoms with van der Waals surface area (Å²) < 4.78 is 14.1. The molecule has 2 heterocycles. The molecule has 6 heteroatoms. The number of halogens is 1. The van der Waals surface area contributed by atoms with Crippen LogP contribution < -0.4 is 4.74 Å². The SMILES string of the molecule is COCCOc1cccc(-c2cn3c(n2)sc2ccccc23)c1.Cl. The first-order valence-electron chi connectivity index (χ1n) is 7.44. The molecule has 0 radical (unpaired) electrons. The minimum Gasteiger partial charge on any atom is -0.491 e. The zero-order valence-electron chi connectivity index (χ0n) is 13.1. The first kappa shape index (κ1) is 16.8. The number of benzene rings is 2. The Morgan fingerprint density at radius 1 is 1.08 bits per heavy atom. The summed E-state index contributed by atoms with van der Waals surface area (Å²) in [6.07, 6.45) is 2.09. The van der Waals surface area contributed by atoms with E-state index < -0.39 is 0 Å². The molecule has 0 saturated carbocycles. The van der Waals surface area contributed by atoms with Crippen LogP contribution in [0.3, 0.4) is 0 Å². The van der Waals surface area contributed by atoms with Gasteiger partial charge in [0.05, 0.1) is 22.5 Å². The lowest BCUT2D eigenvalue weighted by Crippen LogP contribution is -2.04. The molecule has 0 aliphatic heterocycles. The predicted octanol–water partition coefficient (Wildman–Crippen LogP) is 4.66. The topological polar surface area (TPSA) is 35.8 Å². The van der Waals surface area contributed by atoms with Crippen LogP contribution in [-0.2, 0) is 4.74 Å². The number of ether oxygens (including phenoxy) is 2. The first-order valence-corrected chi connectivity index (χ1v) is 8.25. The summed E-state index contributed by atoms with van der Waals surface area (Å²) in [7, 11) is 1.67. The molecule has 4 nitrogen and oxygen atoms in total. The largest absolute Gasteiger partial charge is 0.491 e. The fourth-order valence-corrected chi connectivity index (χ4v) is 3.58. The Balaban J connectivity index is 0.00000169. The van der Waals surface area contributed by atoms with Crippen LogP contribution in [0, 0.1) is 0 Å². The molecule has 4 aromatic rings. The molecule has 2 aromatic heterocycles. The minimum atomic E-state index is 0. The van der Waals surface area contributed by atoms with Crippen molar-refractivity contribution in [1.29, 1.82) is 0 Å². The maximum absolute atomic E-state index is 5.68. The first-order chi connectivity index (χ1) is 11.3. The Morgan fingerprint density at radius 2 is 1.96 bits per heavy atom. The van der Waals surface area contributed by atoms with Crippen LogP contribution in [0.5, 0.6) is 5.75 Å². The van der Waals surface area contributed by atoms with Gasteiger partial charge in [-0.25, -0.2) is 4.98 Å². The van der Waals surface area contributed by atoms with Crippen molar-refractivity contribution < 1.29 is 9.47 Å². The molecule has 4 rings (SSSR count). The molecule has 0 saturated heterocycles. The van der Waals surface area contributed by atoms with E-state index in [1.807, 2.05) is 18.2 Å². The van der Waals surface area contributed by atoms with Crippen molar-refractivity contribution >= 4 is 38.9 Å². The van der Waals surface area contributed by atoms with Gasteiger partial charge in [-0.1, -0.05) is 35.6 Å². The third-order valence-electron chi connectivity index (χ3n) is 3.69. The second kappa shape index (κ2) is 7.21. The Bertz CT molecular complexity index is 964. The highest BCUT2D eigenvalue weighted by atomic mass is 35.5. The molecule has 0 fully saturated rings. The van der Waals surface area contributed by atoms with E-state index in [4.69, 9.17) is 14.5 Å². The fourth-order valence-electron chi connectivity index (χ4n) is 2.58. The lowest BCUT2D eigenvalue weighted by Gasteiger charge is -2.06.